The second-order valence-electron chi connectivity index (χ2n) is 10.2. The van der Waals surface area contributed by atoms with Gasteiger partial charge in [-0.2, -0.15) is 10.2 Å². The maximum Gasteiger partial charge on any atom is 0.268 e. The van der Waals surface area contributed by atoms with E-state index >= 15 is 0 Å². The number of thiophene rings is 1. The van der Waals surface area contributed by atoms with Crippen LogP contribution in [0.3, 0.4) is 0 Å². The van der Waals surface area contributed by atoms with Gasteiger partial charge in [0.25, 0.3) is 5.91 Å². The van der Waals surface area contributed by atoms with Crippen LogP contribution >= 0.6 is 22.9 Å². The summed E-state index contributed by atoms with van der Waals surface area (Å²) in [6.45, 7) is 4.18. The van der Waals surface area contributed by atoms with Crippen molar-refractivity contribution in [2.24, 2.45) is 0 Å². The minimum absolute atomic E-state index is 0.102. The van der Waals surface area contributed by atoms with Crippen molar-refractivity contribution in [3.05, 3.63) is 136 Å². The first-order chi connectivity index (χ1) is 20.5. The van der Waals surface area contributed by atoms with Crippen LogP contribution in [0.2, 0.25) is 5.15 Å². The van der Waals surface area contributed by atoms with Crippen molar-refractivity contribution in [1.82, 2.24) is 19.6 Å². The Bertz CT molecular complexity index is 2070. The van der Waals surface area contributed by atoms with E-state index in [1.807, 2.05) is 114 Å². The Labute approximate surface area is 252 Å². The number of nitrogens with zero attached hydrogens (tertiary/aromatic N) is 5. The third-order valence-corrected chi connectivity index (χ3v) is 8.98. The molecule has 0 bridgehead atoms. The van der Waals surface area contributed by atoms with Gasteiger partial charge < -0.3 is 4.90 Å². The molecule has 0 aliphatic rings. The third-order valence-electron chi connectivity index (χ3n) is 7.50. The largest absolute Gasteiger partial charge is 0.302 e. The van der Waals surface area contributed by atoms with Gasteiger partial charge in [-0.15, -0.1) is 11.3 Å². The number of amides is 1. The molecular weight excluding hydrogens is 562 g/mol. The van der Waals surface area contributed by atoms with Crippen LogP contribution in [0, 0.1) is 13.8 Å². The van der Waals surface area contributed by atoms with E-state index < -0.39 is 0 Å². The van der Waals surface area contributed by atoms with Gasteiger partial charge >= 0.3 is 0 Å². The molecule has 1 amide bonds. The normalized spacial score (nSPS) is 11.4. The van der Waals surface area contributed by atoms with E-state index in [2.05, 4.69) is 18.2 Å². The number of aryl methyl sites for hydroxylation is 2. The summed E-state index contributed by atoms with van der Waals surface area (Å²) in [5, 5.41) is 13.0. The molecule has 206 valence electrons. The zero-order valence-corrected chi connectivity index (χ0v) is 24.6. The second kappa shape index (κ2) is 10.6. The molecule has 0 fully saturated rings. The first-order valence-electron chi connectivity index (χ1n) is 13.6. The van der Waals surface area contributed by atoms with E-state index in [4.69, 9.17) is 21.8 Å². The van der Waals surface area contributed by atoms with Crippen molar-refractivity contribution in [3.8, 4) is 11.4 Å². The molecule has 0 aliphatic carbocycles. The quantitative estimate of drug-likeness (QED) is 0.196. The van der Waals surface area contributed by atoms with E-state index in [0.717, 1.165) is 55.0 Å². The van der Waals surface area contributed by atoms with Gasteiger partial charge in [-0.3, -0.25) is 4.79 Å². The Morgan fingerprint density at radius 1 is 0.762 bits per heavy atom. The molecule has 0 N–H and O–H groups in total. The summed E-state index contributed by atoms with van der Waals surface area (Å²) in [4.78, 5) is 18.0. The van der Waals surface area contributed by atoms with Crippen molar-refractivity contribution in [3.63, 3.8) is 0 Å². The molecule has 0 aliphatic heterocycles. The van der Waals surface area contributed by atoms with Gasteiger partial charge in [0.1, 0.15) is 9.98 Å². The number of aromatic nitrogens is 4. The lowest BCUT2D eigenvalue weighted by Crippen LogP contribution is -2.30. The monoisotopic (exact) mass is 587 g/mol. The number of carbonyl (C=O) groups is 1. The number of rotatable bonds is 6. The summed E-state index contributed by atoms with van der Waals surface area (Å²) in [6.07, 6.45) is 0. The van der Waals surface area contributed by atoms with E-state index in [0.29, 0.717) is 10.0 Å². The topological polar surface area (TPSA) is 56.0 Å². The standard InChI is InChI=1S/C34H26ClN5OS/c1-22-28-20-31(42-34(28)40(37-22)26-16-7-4-8-17-26)33(41)38(30-19-11-13-24-12-9-10-18-27(24)30)21-29-23(2)36-39(32(29)35)25-14-5-3-6-15-25/h3-20H,21H2,1-2H3. The summed E-state index contributed by atoms with van der Waals surface area (Å²) in [7, 11) is 0. The van der Waals surface area contributed by atoms with E-state index in [-0.39, 0.29) is 12.5 Å². The van der Waals surface area contributed by atoms with Gasteiger partial charge in [-0.05, 0) is 55.6 Å². The zero-order valence-electron chi connectivity index (χ0n) is 23.0. The minimum Gasteiger partial charge on any atom is -0.302 e. The molecule has 0 spiro atoms. The fraction of sp³-hybridized carbons (Fsp3) is 0.0882. The molecule has 3 heterocycles. The van der Waals surface area contributed by atoms with Gasteiger partial charge in [0.05, 0.1) is 39.9 Å². The average Bonchev–Trinajstić information content (AvgIpc) is 3.69. The maximum absolute atomic E-state index is 14.6. The Hall–Kier alpha value is -4.72. The Kier molecular flexibility index (Phi) is 6.61. The molecule has 0 radical (unpaired) electrons. The lowest BCUT2D eigenvalue weighted by molar-refractivity contribution is 0.0989. The van der Waals surface area contributed by atoms with Crippen LogP contribution in [0.1, 0.15) is 26.6 Å². The van der Waals surface area contributed by atoms with Gasteiger partial charge in [0.2, 0.25) is 0 Å². The highest BCUT2D eigenvalue weighted by atomic mass is 35.5. The molecule has 4 aromatic carbocycles. The molecule has 7 rings (SSSR count). The number of hydrogen-bond acceptors (Lipinski definition) is 4. The number of carbonyl (C=O) groups excluding carboxylic acids is 1. The molecule has 42 heavy (non-hydrogen) atoms. The van der Waals surface area contributed by atoms with Gasteiger partial charge in [0.15, 0.2) is 0 Å². The summed E-state index contributed by atoms with van der Waals surface area (Å²) >= 11 is 8.43. The van der Waals surface area contributed by atoms with Crippen molar-refractivity contribution in [2.75, 3.05) is 4.90 Å². The molecule has 3 aromatic heterocycles. The van der Waals surface area contributed by atoms with E-state index in [1.165, 1.54) is 11.3 Å². The van der Waals surface area contributed by atoms with Crippen molar-refractivity contribution >= 4 is 55.5 Å². The van der Waals surface area contributed by atoms with Gasteiger partial charge in [-0.25, -0.2) is 9.36 Å². The molecule has 0 atom stereocenters. The fourth-order valence-electron chi connectivity index (χ4n) is 5.35. The number of para-hydroxylation sites is 2. The van der Waals surface area contributed by atoms with Crippen molar-refractivity contribution in [1.29, 1.82) is 0 Å². The summed E-state index contributed by atoms with van der Waals surface area (Å²) in [6, 6.07) is 35.9. The zero-order chi connectivity index (χ0) is 28.8. The van der Waals surface area contributed by atoms with E-state index in [9.17, 15) is 4.79 Å². The van der Waals surface area contributed by atoms with Gasteiger partial charge in [0, 0.05) is 16.3 Å². The summed E-state index contributed by atoms with van der Waals surface area (Å²) in [5.41, 5.74) is 5.09. The molecule has 8 heteroatoms. The lowest BCUT2D eigenvalue weighted by Gasteiger charge is -2.24. The molecule has 6 nitrogen and oxygen atoms in total. The SMILES string of the molecule is Cc1nn(-c2ccccc2)c(Cl)c1CN(C(=O)c1cc2c(C)nn(-c3ccccc3)c2s1)c1cccc2ccccc12. The first kappa shape index (κ1) is 26.2. The highest BCUT2D eigenvalue weighted by Gasteiger charge is 2.27. The van der Waals surface area contributed by atoms with E-state index in [1.54, 1.807) is 4.68 Å². The van der Waals surface area contributed by atoms with Crippen molar-refractivity contribution < 1.29 is 4.79 Å². The number of benzene rings is 4. The van der Waals surface area contributed by atoms with Crippen LogP contribution in [-0.4, -0.2) is 25.5 Å². The minimum atomic E-state index is -0.102. The van der Waals surface area contributed by atoms with Crippen LogP contribution in [0.4, 0.5) is 5.69 Å². The Morgan fingerprint density at radius 2 is 1.38 bits per heavy atom. The predicted molar refractivity (Wildman–Crippen MR) is 171 cm³/mol. The summed E-state index contributed by atoms with van der Waals surface area (Å²) < 4.78 is 3.65. The Balaban J connectivity index is 1.36. The number of fused-ring (bicyclic) bond motifs is 2. The number of hydrogen-bond donors (Lipinski definition) is 0. The average molecular weight is 588 g/mol. The van der Waals surface area contributed by atoms with Crippen LogP contribution in [0.5, 0.6) is 0 Å². The Morgan fingerprint density at radius 3 is 2.12 bits per heavy atom. The maximum atomic E-state index is 14.6. The fourth-order valence-corrected chi connectivity index (χ4v) is 6.81. The molecule has 7 aromatic rings. The molecular formula is C34H26ClN5OS. The van der Waals surface area contributed by atoms with Crippen LogP contribution < -0.4 is 4.90 Å². The molecule has 0 saturated carbocycles. The number of halogens is 1. The number of anilines is 1. The third kappa shape index (κ3) is 4.47. The summed E-state index contributed by atoms with van der Waals surface area (Å²) in [5.74, 6) is -0.102. The van der Waals surface area contributed by atoms with Gasteiger partial charge in [-0.1, -0.05) is 84.4 Å². The van der Waals surface area contributed by atoms with Crippen LogP contribution in [0.15, 0.2) is 109 Å². The van der Waals surface area contributed by atoms with Crippen LogP contribution in [0.25, 0.3) is 32.4 Å². The second-order valence-corrected chi connectivity index (χ2v) is 11.5. The lowest BCUT2D eigenvalue weighted by atomic mass is 10.1. The predicted octanol–water partition coefficient (Wildman–Crippen LogP) is 8.54. The highest BCUT2D eigenvalue weighted by Crippen LogP contribution is 2.36. The smallest absolute Gasteiger partial charge is 0.268 e. The first-order valence-corrected chi connectivity index (χ1v) is 14.8. The van der Waals surface area contributed by atoms with Crippen molar-refractivity contribution in [2.45, 2.75) is 20.4 Å². The molecule has 0 saturated heterocycles. The van der Waals surface area contributed by atoms with Crippen LogP contribution in [-0.2, 0) is 6.54 Å². The highest BCUT2D eigenvalue weighted by molar-refractivity contribution is 7.20. The molecule has 0 unspecified atom stereocenters.